The van der Waals surface area contributed by atoms with Gasteiger partial charge >= 0.3 is 5.97 Å². The van der Waals surface area contributed by atoms with Crippen LogP contribution in [0.2, 0.25) is 0 Å². The van der Waals surface area contributed by atoms with Gasteiger partial charge in [-0.3, -0.25) is 19.5 Å². The third-order valence-corrected chi connectivity index (χ3v) is 7.19. The summed E-state index contributed by atoms with van der Waals surface area (Å²) in [5.41, 5.74) is 0.645. The van der Waals surface area contributed by atoms with Crippen molar-refractivity contribution in [3.63, 3.8) is 0 Å². The number of non-ortho nitro benzene ring substituents is 1. The summed E-state index contributed by atoms with van der Waals surface area (Å²) >= 11 is 4.16. The van der Waals surface area contributed by atoms with E-state index in [0.29, 0.717) is 28.4 Å². The van der Waals surface area contributed by atoms with E-state index < -0.39 is 22.5 Å². The summed E-state index contributed by atoms with van der Waals surface area (Å²) in [7, 11) is 0. The molecule has 3 aromatic rings. The molecule has 1 aliphatic heterocycles. The molecule has 37 heavy (non-hydrogen) atoms. The van der Waals surface area contributed by atoms with Crippen LogP contribution in [0.1, 0.15) is 37.9 Å². The lowest BCUT2D eigenvalue weighted by Crippen LogP contribution is -2.39. The smallest absolute Gasteiger partial charge is 0.338 e. The number of halogens is 1. The standard InChI is InChI=1S/C25H22BrN3O7S/c1-4-35-17-8-6-14(7-9-17)21-20(24(32)36-5-2)13(3)27-25-28(21)23(31)19(37-25)11-15-10-16(29(33)34)12-18(26)22(15)30/h6-12,21,30H,4-5H2,1-3H3/b19-11-/t21-/m1/s1. The van der Waals surface area contributed by atoms with Crippen molar-refractivity contribution >= 4 is 45.0 Å². The predicted molar refractivity (Wildman–Crippen MR) is 140 cm³/mol. The van der Waals surface area contributed by atoms with Gasteiger partial charge in [-0.1, -0.05) is 23.5 Å². The Morgan fingerprint density at radius 1 is 1.27 bits per heavy atom. The third kappa shape index (κ3) is 5.07. The van der Waals surface area contributed by atoms with E-state index in [0.717, 1.165) is 11.3 Å². The zero-order chi connectivity index (χ0) is 26.9. The van der Waals surface area contributed by atoms with Gasteiger partial charge in [0.1, 0.15) is 11.5 Å². The van der Waals surface area contributed by atoms with E-state index >= 15 is 0 Å². The number of ether oxygens (including phenoxy) is 2. The van der Waals surface area contributed by atoms with Crippen LogP contribution in [0, 0.1) is 10.1 Å². The minimum absolute atomic E-state index is 0.0882. The van der Waals surface area contributed by atoms with Crippen molar-refractivity contribution in [3.05, 3.63) is 93.1 Å². The number of allylic oxidation sites excluding steroid dienone is 1. The molecule has 0 radical (unpaired) electrons. The summed E-state index contributed by atoms with van der Waals surface area (Å²) in [6.07, 6.45) is 1.37. The Kier molecular flexibility index (Phi) is 7.60. The molecule has 0 amide bonds. The molecule has 0 fully saturated rings. The normalized spacial score (nSPS) is 15.2. The summed E-state index contributed by atoms with van der Waals surface area (Å²) < 4.78 is 12.5. The number of carbonyl (C=O) groups excluding carboxylic acids is 1. The zero-order valence-corrected chi connectivity index (χ0v) is 22.5. The number of nitro groups is 1. The van der Waals surface area contributed by atoms with Crippen LogP contribution in [0.4, 0.5) is 5.69 Å². The molecule has 0 aliphatic carbocycles. The molecule has 2 heterocycles. The highest BCUT2D eigenvalue weighted by Gasteiger charge is 2.33. The third-order valence-electron chi connectivity index (χ3n) is 5.60. The van der Waals surface area contributed by atoms with Gasteiger partial charge in [0.25, 0.3) is 11.2 Å². The highest BCUT2D eigenvalue weighted by atomic mass is 79.9. The molecule has 1 aliphatic rings. The number of nitrogens with zero attached hydrogens (tertiary/aromatic N) is 3. The van der Waals surface area contributed by atoms with E-state index in [1.54, 1.807) is 38.1 Å². The Labute approximate surface area is 223 Å². The number of phenols is 1. The quantitative estimate of drug-likeness (QED) is 0.254. The summed E-state index contributed by atoms with van der Waals surface area (Å²) in [4.78, 5) is 42.2. The number of esters is 1. The lowest BCUT2D eigenvalue weighted by atomic mass is 9.96. The SMILES string of the molecule is CCOC(=O)C1=C(C)N=c2s/c(=C\c3cc([N+](=O)[O-])cc(Br)c3O)c(=O)n2[C@@H]1c1ccc(OCC)cc1. The highest BCUT2D eigenvalue weighted by Crippen LogP contribution is 2.34. The van der Waals surface area contributed by atoms with Crippen LogP contribution in [-0.4, -0.2) is 33.8 Å². The lowest BCUT2D eigenvalue weighted by Gasteiger charge is -2.24. The molecule has 10 nitrogen and oxygen atoms in total. The maximum absolute atomic E-state index is 13.7. The number of phenolic OH excluding ortho intramolecular Hbond substituents is 1. The molecule has 192 valence electrons. The van der Waals surface area contributed by atoms with Crippen LogP contribution >= 0.6 is 27.3 Å². The van der Waals surface area contributed by atoms with Crippen molar-refractivity contribution in [2.24, 2.45) is 4.99 Å². The first-order valence-corrected chi connectivity index (χ1v) is 12.9. The van der Waals surface area contributed by atoms with E-state index in [9.17, 15) is 24.8 Å². The molecule has 1 aromatic heterocycles. The van der Waals surface area contributed by atoms with E-state index in [4.69, 9.17) is 9.47 Å². The van der Waals surface area contributed by atoms with E-state index in [2.05, 4.69) is 20.9 Å². The topological polar surface area (TPSA) is 133 Å². The average molecular weight is 588 g/mol. The molecule has 1 atom stereocenters. The van der Waals surface area contributed by atoms with Crippen molar-refractivity contribution in [1.29, 1.82) is 0 Å². The Bertz CT molecular complexity index is 1610. The van der Waals surface area contributed by atoms with Gasteiger partial charge in [-0.25, -0.2) is 9.79 Å². The number of thiazole rings is 1. The van der Waals surface area contributed by atoms with Crippen LogP contribution in [0.5, 0.6) is 11.5 Å². The van der Waals surface area contributed by atoms with E-state index in [1.807, 2.05) is 6.92 Å². The van der Waals surface area contributed by atoms with Crippen molar-refractivity contribution in [2.75, 3.05) is 13.2 Å². The fourth-order valence-corrected chi connectivity index (χ4v) is 5.48. The minimum Gasteiger partial charge on any atom is -0.506 e. The minimum atomic E-state index is -0.821. The van der Waals surface area contributed by atoms with Crippen molar-refractivity contribution in [1.82, 2.24) is 4.57 Å². The van der Waals surface area contributed by atoms with Crippen LogP contribution in [0.15, 0.2) is 61.9 Å². The maximum atomic E-state index is 13.7. The number of benzene rings is 2. The van der Waals surface area contributed by atoms with Crippen LogP contribution in [0.25, 0.3) is 6.08 Å². The first kappa shape index (κ1) is 26.3. The van der Waals surface area contributed by atoms with Gasteiger partial charge in [0, 0.05) is 17.7 Å². The van der Waals surface area contributed by atoms with Crippen molar-refractivity contribution in [3.8, 4) is 11.5 Å². The summed E-state index contributed by atoms with van der Waals surface area (Å²) in [5, 5.41) is 21.8. The van der Waals surface area contributed by atoms with Crippen molar-refractivity contribution in [2.45, 2.75) is 26.8 Å². The van der Waals surface area contributed by atoms with Gasteiger partial charge in [0.05, 0.1) is 44.5 Å². The molecule has 4 rings (SSSR count). The van der Waals surface area contributed by atoms with Crippen LogP contribution in [0.3, 0.4) is 0 Å². The molecule has 1 N–H and O–H groups in total. The van der Waals surface area contributed by atoms with Gasteiger partial charge < -0.3 is 14.6 Å². The number of rotatable bonds is 7. The molecule has 2 aromatic carbocycles. The monoisotopic (exact) mass is 587 g/mol. The van der Waals surface area contributed by atoms with Gasteiger partial charge in [-0.2, -0.15) is 0 Å². The summed E-state index contributed by atoms with van der Waals surface area (Å²) in [6, 6.07) is 8.59. The number of aromatic nitrogens is 1. The predicted octanol–water partition coefficient (Wildman–Crippen LogP) is 3.57. The second kappa shape index (κ2) is 10.7. The average Bonchev–Trinajstić information content (AvgIpc) is 3.16. The number of hydrogen-bond acceptors (Lipinski definition) is 9. The molecular formula is C25H22BrN3O7S. The Balaban J connectivity index is 1.95. The van der Waals surface area contributed by atoms with Crippen molar-refractivity contribution < 1.29 is 24.3 Å². The van der Waals surface area contributed by atoms with Gasteiger partial charge in [-0.15, -0.1) is 0 Å². The molecular weight excluding hydrogens is 566 g/mol. The second-order valence-corrected chi connectivity index (χ2v) is 9.79. The van der Waals surface area contributed by atoms with Gasteiger partial charge in [-0.05, 0) is 60.5 Å². The Morgan fingerprint density at radius 2 is 1.97 bits per heavy atom. The zero-order valence-electron chi connectivity index (χ0n) is 20.1. The van der Waals surface area contributed by atoms with E-state index in [-0.39, 0.29) is 38.2 Å². The first-order chi connectivity index (χ1) is 17.7. The highest BCUT2D eigenvalue weighted by molar-refractivity contribution is 9.10. The van der Waals surface area contributed by atoms with E-state index in [1.165, 1.54) is 22.8 Å². The number of nitro benzene ring substituents is 1. The molecule has 0 bridgehead atoms. The largest absolute Gasteiger partial charge is 0.506 e. The number of fused-ring (bicyclic) bond motifs is 1. The Hall–Kier alpha value is -3.77. The number of aromatic hydroxyl groups is 1. The van der Waals surface area contributed by atoms with Crippen LogP contribution in [-0.2, 0) is 9.53 Å². The number of hydrogen-bond donors (Lipinski definition) is 1. The molecule has 0 saturated carbocycles. The van der Waals surface area contributed by atoms with Gasteiger partial charge in [0.15, 0.2) is 4.80 Å². The maximum Gasteiger partial charge on any atom is 0.338 e. The fraction of sp³-hybridized carbons (Fsp3) is 0.240. The Morgan fingerprint density at radius 3 is 2.59 bits per heavy atom. The summed E-state index contributed by atoms with van der Waals surface area (Å²) in [5.74, 6) is -0.191. The van der Waals surface area contributed by atoms with Crippen LogP contribution < -0.4 is 19.6 Å². The molecule has 0 unspecified atom stereocenters. The molecule has 0 saturated heterocycles. The second-order valence-electron chi connectivity index (χ2n) is 7.93. The first-order valence-electron chi connectivity index (χ1n) is 11.3. The number of carbonyl (C=O) groups is 1. The lowest BCUT2D eigenvalue weighted by molar-refractivity contribution is -0.385. The molecule has 12 heteroatoms. The van der Waals surface area contributed by atoms with Gasteiger partial charge in [0.2, 0.25) is 0 Å². The fourth-order valence-electron chi connectivity index (χ4n) is 3.98. The summed E-state index contributed by atoms with van der Waals surface area (Å²) in [6.45, 7) is 5.88. The molecule has 0 spiro atoms.